The lowest BCUT2D eigenvalue weighted by molar-refractivity contribution is 0.0806. The number of piperazine rings is 1. The molecule has 0 bridgehead atoms. The third-order valence-electron chi connectivity index (χ3n) is 4.38. The minimum absolute atomic E-state index is 0.749. The van der Waals surface area contributed by atoms with Gasteiger partial charge in [0.2, 0.25) is 0 Å². The van der Waals surface area contributed by atoms with Crippen molar-refractivity contribution in [3.8, 4) is 0 Å². The Kier molecular flexibility index (Phi) is 3.90. The van der Waals surface area contributed by atoms with Gasteiger partial charge in [0.15, 0.2) is 0 Å². The zero-order valence-electron chi connectivity index (χ0n) is 11.0. The lowest BCUT2D eigenvalue weighted by atomic mass is 9.83. The Morgan fingerprint density at radius 2 is 2.00 bits per heavy atom. The van der Waals surface area contributed by atoms with E-state index >= 15 is 0 Å². The molecule has 0 aromatic carbocycles. The van der Waals surface area contributed by atoms with Gasteiger partial charge in [0, 0.05) is 38.8 Å². The Balaban J connectivity index is 1.65. The van der Waals surface area contributed by atoms with E-state index in [4.69, 9.17) is 0 Å². The Morgan fingerprint density at radius 3 is 2.78 bits per heavy atom. The molecule has 2 fully saturated rings. The van der Waals surface area contributed by atoms with Crippen molar-refractivity contribution in [1.82, 2.24) is 25.0 Å². The first-order chi connectivity index (χ1) is 8.93. The van der Waals surface area contributed by atoms with E-state index in [1.54, 1.807) is 6.33 Å². The fraction of sp³-hybridized carbons (Fsp3) is 0.846. The monoisotopic (exact) mass is 249 g/mol. The predicted octanol–water partition coefficient (Wildman–Crippen LogP) is 0.742. The first-order valence-electron chi connectivity index (χ1n) is 7.20. The highest BCUT2D eigenvalue weighted by atomic mass is 15.3. The van der Waals surface area contributed by atoms with Crippen LogP contribution in [0.4, 0.5) is 0 Å². The summed E-state index contributed by atoms with van der Waals surface area (Å²) in [6.07, 6.45) is 8.96. The Morgan fingerprint density at radius 1 is 1.17 bits per heavy atom. The van der Waals surface area contributed by atoms with Gasteiger partial charge in [0.1, 0.15) is 12.7 Å². The minimum Gasteiger partial charge on any atom is -0.314 e. The first-order valence-corrected chi connectivity index (χ1v) is 7.20. The van der Waals surface area contributed by atoms with Gasteiger partial charge in [-0.3, -0.25) is 9.58 Å². The molecule has 0 spiro atoms. The maximum Gasteiger partial charge on any atom is 0.137 e. The summed E-state index contributed by atoms with van der Waals surface area (Å²) in [7, 11) is 0. The second-order valence-corrected chi connectivity index (χ2v) is 5.52. The Labute approximate surface area is 109 Å². The van der Waals surface area contributed by atoms with Gasteiger partial charge in [0.25, 0.3) is 0 Å². The maximum atomic E-state index is 4.26. The van der Waals surface area contributed by atoms with E-state index in [0.717, 1.165) is 31.6 Å². The molecule has 1 aliphatic carbocycles. The third kappa shape index (κ3) is 2.72. The van der Waals surface area contributed by atoms with Crippen molar-refractivity contribution in [3.63, 3.8) is 0 Å². The summed E-state index contributed by atoms with van der Waals surface area (Å²) in [6, 6.07) is 0.755. The molecular weight excluding hydrogens is 226 g/mol. The van der Waals surface area contributed by atoms with Gasteiger partial charge in [-0.25, -0.2) is 4.98 Å². The van der Waals surface area contributed by atoms with E-state index in [9.17, 15) is 0 Å². The number of nitrogens with zero attached hydrogens (tertiary/aromatic N) is 4. The van der Waals surface area contributed by atoms with E-state index < -0.39 is 0 Å². The van der Waals surface area contributed by atoms with E-state index in [-0.39, 0.29) is 0 Å². The van der Waals surface area contributed by atoms with Crippen LogP contribution < -0.4 is 5.32 Å². The van der Waals surface area contributed by atoms with Gasteiger partial charge in [-0.2, -0.15) is 5.10 Å². The van der Waals surface area contributed by atoms with Gasteiger partial charge in [-0.15, -0.1) is 0 Å². The van der Waals surface area contributed by atoms with Crippen molar-refractivity contribution >= 4 is 0 Å². The standard InChI is InChI=1S/C13H23N5/c1-2-4-13(17-7-5-14-6-8-17)12(3-1)9-18-11-15-10-16-18/h10-14H,1-9H2/t12-,13-/m1/s1. The molecular formula is C13H23N5. The zero-order chi connectivity index (χ0) is 12.2. The predicted molar refractivity (Wildman–Crippen MR) is 70.2 cm³/mol. The largest absolute Gasteiger partial charge is 0.314 e. The molecule has 2 aliphatic rings. The zero-order valence-corrected chi connectivity index (χ0v) is 11.0. The van der Waals surface area contributed by atoms with Crippen molar-refractivity contribution < 1.29 is 0 Å². The Bertz CT molecular complexity index is 344. The van der Waals surface area contributed by atoms with Crippen LogP contribution in [-0.2, 0) is 6.54 Å². The van der Waals surface area contributed by atoms with E-state index in [0.29, 0.717) is 0 Å². The van der Waals surface area contributed by atoms with Crippen LogP contribution in [0, 0.1) is 5.92 Å². The third-order valence-corrected chi connectivity index (χ3v) is 4.38. The SMILES string of the molecule is c1ncn(C[C@H]2CCCC[C@H]2N2CCNCC2)n1. The van der Waals surface area contributed by atoms with Crippen LogP contribution in [0.3, 0.4) is 0 Å². The summed E-state index contributed by atoms with van der Waals surface area (Å²) in [5.41, 5.74) is 0. The Hall–Kier alpha value is -0.940. The molecule has 1 saturated heterocycles. The summed E-state index contributed by atoms with van der Waals surface area (Å²) in [6.45, 7) is 5.74. The van der Waals surface area contributed by atoms with Crippen LogP contribution in [0.15, 0.2) is 12.7 Å². The molecule has 0 amide bonds. The molecule has 3 rings (SSSR count). The molecule has 1 saturated carbocycles. The first kappa shape index (κ1) is 12.1. The second kappa shape index (κ2) is 5.80. The average Bonchev–Trinajstić information content (AvgIpc) is 2.93. The van der Waals surface area contributed by atoms with Gasteiger partial charge in [-0.1, -0.05) is 12.8 Å². The molecule has 0 unspecified atom stereocenters. The lowest BCUT2D eigenvalue weighted by Crippen LogP contribution is -2.52. The molecule has 5 nitrogen and oxygen atoms in total. The summed E-state index contributed by atoms with van der Waals surface area (Å²) >= 11 is 0. The maximum absolute atomic E-state index is 4.26. The molecule has 1 aromatic heterocycles. The normalized spacial score (nSPS) is 30.4. The van der Waals surface area contributed by atoms with Crippen molar-refractivity contribution in [2.75, 3.05) is 26.2 Å². The van der Waals surface area contributed by atoms with Gasteiger partial charge >= 0.3 is 0 Å². The van der Waals surface area contributed by atoms with Crippen LogP contribution in [0.25, 0.3) is 0 Å². The number of hydrogen-bond acceptors (Lipinski definition) is 4. The summed E-state index contributed by atoms with van der Waals surface area (Å²) in [5, 5.41) is 7.71. The molecule has 0 radical (unpaired) electrons. The highest BCUT2D eigenvalue weighted by Crippen LogP contribution is 2.29. The second-order valence-electron chi connectivity index (χ2n) is 5.52. The summed E-state index contributed by atoms with van der Waals surface area (Å²) < 4.78 is 2.01. The number of hydrogen-bond donors (Lipinski definition) is 1. The van der Waals surface area contributed by atoms with Crippen molar-refractivity contribution in [3.05, 3.63) is 12.7 Å². The number of nitrogens with one attached hydrogen (secondary N) is 1. The molecule has 1 aromatic rings. The van der Waals surface area contributed by atoms with E-state index in [1.807, 2.05) is 11.0 Å². The molecule has 2 heterocycles. The molecule has 1 N–H and O–H groups in total. The fourth-order valence-electron chi connectivity index (χ4n) is 3.46. The quantitative estimate of drug-likeness (QED) is 0.858. The molecule has 2 atom stereocenters. The van der Waals surface area contributed by atoms with Crippen molar-refractivity contribution in [2.24, 2.45) is 5.92 Å². The van der Waals surface area contributed by atoms with Crippen LogP contribution in [-0.4, -0.2) is 51.9 Å². The van der Waals surface area contributed by atoms with E-state index in [2.05, 4.69) is 20.3 Å². The molecule has 5 heteroatoms. The van der Waals surface area contributed by atoms with E-state index in [1.165, 1.54) is 38.8 Å². The molecule has 18 heavy (non-hydrogen) atoms. The van der Waals surface area contributed by atoms with Crippen LogP contribution in [0.1, 0.15) is 25.7 Å². The number of rotatable bonds is 3. The smallest absolute Gasteiger partial charge is 0.137 e. The van der Waals surface area contributed by atoms with Gasteiger partial charge in [0.05, 0.1) is 0 Å². The van der Waals surface area contributed by atoms with Crippen LogP contribution in [0.5, 0.6) is 0 Å². The average molecular weight is 249 g/mol. The number of aromatic nitrogens is 3. The topological polar surface area (TPSA) is 46.0 Å². The van der Waals surface area contributed by atoms with Gasteiger partial charge in [-0.05, 0) is 18.8 Å². The van der Waals surface area contributed by atoms with Crippen molar-refractivity contribution in [2.45, 2.75) is 38.3 Å². The van der Waals surface area contributed by atoms with Gasteiger partial charge < -0.3 is 5.32 Å². The highest BCUT2D eigenvalue weighted by molar-refractivity contribution is 4.85. The highest BCUT2D eigenvalue weighted by Gasteiger charge is 2.30. The van der Waals surface area contributed by atoms with Crippen LogP contribution in [0.2, 0.25) is 0 Å². The minimum atomic E-state index is 0.749. The van der Waals surface area contributed by atoms with Crippen LogP contribution >= 0.6 is 0 Å². The van der Waals surface area contributed by atoms with Crippen molar-refractivity contribution in [1.29, 1.82) is 0 Å². The summed E-state index contributed by atoms with van der Waals surface area (Å²) in [5.74, 6) is 0.749. The fourth-order valence-corrected chi connectivity index (χ4v) is 3.46. The molecule has 1 aliphatic heterocycles. The summed E-state index contributed by atoms with van der Waals surface area (Å²) in [4.78, 5) is 6.75. The lowest BCUT2D eigenvalue weighted by Gasteiger charge is -2.42. The molecule has 100 valence electrons.